The van der Waals surface area contributed by atoms with Crippen molar-refractivity contribution in [2.45, 2.75) is 13.5 Å². The average Bonchev–Trinajstić information content (AvgIpc) is 2.63. The molecule has 6 heteroatoms. The van der Waals surface area contributed by atoms with Gasteiger partial charge in [0, 0.05) is 25.4 Å². The molecule has 0 fully saturated rings. The van der Waals surface area contributed by atoms with Crippen LogP contribution in [0, 0.1) is 0 Å². The molecule has 0 aliphatic carbocycles. The fourth-order valence-corrected chi connectivity index (χ4v) is 2.20. The fourth-order valence-electron chi connectivity index (χ4n) is 2.20. The van der Waals surface area contributed by atoms with Crippen molar-refractivity contribution >= 4 is 23.8 Å². The molecule has 0 saturated carbocycles. The van der Waals surface area contributed by atoms with E-state index >= 15 is 0 Å². The Kier molecular flexibility index (Phi) is 6.79. The largest absolute Gasteiger partial charge is 0.508 e. The van der Waals surface area contributed by atoms with Gasteiger partial charge in [0.1, 0.15) is 5.75 Å². The first kappa shape index (κ1) is 19.1. The molecule has 26 heavy (non-hydrogen) atoms. The molecule has 2 N–H and O–H groups in total. The third kappa shape index (κ3) is 5.98. The molecule has 0 radical (unpaired) electrons. The summed E-state index contributed by atoms with van der Waals surface area (Å²) in [6.45, 7) is 2.51. The maximum atomic E-state index is 12.2. The quantitative estimate of drug-likeness (QED) is 0.613. The van der Waals surface area contributed by atoms with E-state index in [-0.39, 0.29) is 17.7 Å². The lowest BCUT2D eigenvalue weighted by molar-refractivity contribution is -0.137. The minimum absolute atomic E-state index is 0.193. The molecule has 0 saturated heterocycles. The summed E-state index contributed by atoms with van der Waals surface area (Å²) >= 11 is 0. The molecular weight excluding hydrogens is 332 g/mol. The number of benzene rings is 2. The minimum atomic E-state index is -0.388. The number of phenolic OH excluding ortho intramolecular Hbond substituents is 1. The second-order valence-electron chi connectivity index (χ2n) is 5.66. The molecule has 136 valence electrons. The van der Waals surface area contributed by atoms with Crippen LogP contribution in [0.3, 0.4) is 0 Å². The summed E-state index contributed by atoms with van der Waals surface area (Å²) in [5.74, 6) is -0.196. The highest BCUT2D eigenvalue weighted by Gasteiger charge is 2.09. The first-order valence-electron chi connectivity index (χ1n) is 8.23. The van der Waals surface area contributed by atoms with Gasteiger partial charge in [0.2, 0.25) is 0 Å². The van der Waals surface area contributed by atoms with Crippen molar-refractivity contribution in [1.82, 2.24) is 4.90 Å². The SMILES string of the molecule is CCOC(=O)/C=C/c1ccc(NC(=O)N(C)Cc2ccc(O)cc2)cc1. The predicted octanol–water partition coefficient (Wildman–Crippen LogP) is 3.63. The van der Waals surface area contributed by atoms with Crippen LogP contribution in [0.25, 0.3) is 6.08 Å². The molecule has 2 rings (SSSR count). The highest BCUT2D eigenvalue weighted by Crippen LogP contribution is 2.14. The molecular formula is C20H22N2O4. The molecule has 0 unspecified atom stereocenters. The molecule has 0 spiro atoms. The Hall–Kier alpha value is -3.28. The third-order valence-electron chi connectivity index (χ3n) is 3.56. The summed E-state index contributed by atoms with van der Waals surface area (Å²) in [7, 11) is 1.69. The second-order valence-corrected chi connectivity index (χ2v) is 5.66. The van der Waals surface area contributed by atoms with Crippen LogP contribution in [0.1, 0.15) is 18.1 Å². The monoisotopic (exact) mass is 354 g/mol. The van der Waals surface area contributed by atoms with E-state index in [1.165, 1.54) is 6.08 Å². The summed E-state index contributed by atoms with van der Waals surface area (Å²) < 4.78 is 4.82. The Morgan fingerprint density at radius 1 is 1.12 bits per heavy atom. The van der Waals surface area contributed by atoms with Gasteiger partial charge in [-0.2, -0.15) is 0 Å². The van der Waals surface area contributed by atoms with Crippen molar-refractivity contribution in [3.63, 3.8) is 0 Å². The summed E-state index contributed by atoms with van der Waals surface area (Å²) in [4.78, 5) is 25.1. The number of nitrogens with zero attached hydrogens (tertiary/aromatic N) is 1. The Bertz CT molecular complexity index is 767. The Morgan fingerprint density at radius 3 is 2.38 bits per heavy atom. The Balaban J connectivity index is 1.90. The number of esters is 1. The van der Waals surface area contributed by atoms with E-state index < -0.39 is 0 Å². The lowest BCUT2D eigenvalue weighted by atomic mass is 10.2. The van der Waals surface area contributed by atoms with Gasteiger partial charge in [0.25, 0.3) is 0 Å². The number of amides is 2. The van der Waals surface area contributed by atoms with Crippen LogP contribution in [0.2, 0.25) is 0 Å². The highest BCUT2D eigenvalue weighted by molar-refractivity contribution is 5.90. The number of carbonyl (C=O) groups excluding carboxylic acids is 2. The van der Waals surface area contributed by atoms with Crippen LogP contribution < -0.4 is 5.32 Å². The number of carbonyl (C=O) groups is 2. The van der Waals surface area contributed by atoms with Crippen LogP contribution in [0.15, 0.2) is 54.6 Å². The van der Waals surface area contributed by atoms with Gasteiger partial charge in [0.15, 0.2) is 0 Å². The maximum Gasteiger partial charge on any atom is 0.330 e. The lowest BCUT2D eigenvalue weighted by Crippen LogP contribution is -2.30. The van der Waals surface area contributed by atoms with E-state index in [4.69, 9.17) is 4.74 Å². The summed E-state index contributed by atoms with van der Waals surface area (Å²) in [5.41, 5.74) is 2.40. The summed E-state index contributed by atoms with van der Waals surface area (Å²) in [6.07, 6.45) is 3.02. The number of ether oxygens (including phenoxy) is 1. The van der Waals surface area contributed by atoms with Crippen molar-refractivity contribution in [3.8, 4) is 5.75 Å². The molecule has 2 aromatic rings. The van der Waals surface area contributed by atoms with Gasteiger partial charge in [0.05, 0.1) is 6.61 Å². The molecule has 0 aromatic heterocycles. The fraction of sp³-hybridized carbons (Fsp3) is 0.200. The molecule has 0 atom stereocenters. The number of phenols is 1. The second kappa shape index (κ2) is 9.27. The zero-order valence-corrected chi connectivity index (χ0v) is 14.8. The number of urea groups is 1. The van der Waals surface area contributed by atoms with Gasteiger partial charge in [-0.15, -0.1) is 0 Å². The van der Waals surface area contributed by atoms with E-state index in [9.17, 15) is 14.7 Å². The van der Waals surface area contributed by atoms with E-state index in [1.807, 2.05) is 0 Å². The number of nitrogens with one attached hydrogen (secondary N) is 1. The van der Waals surface area contributed by atoms with Gasteiger partial charge >= 0.3 is 12.0 Å². The van der Waals surface area contributed by atoms with Crippen molar-refractivity contribution in [1.29, 1.82) is 0 Å². The number of hydrogen-bond acceptors (Lipinski definition) is 4. The molecule has 2 aromatic carbocycles. The molecule has 6 nitrogen and oxygen atoms in total. The number of aromatic hydroxyl groups is 1. The first-order chi connectivity index (χ1) is 12.5. The van der Waals surface area contributed by atoms with E-state index in [0.717, 1.165) is 11.1 Å². The third-order valence-corrected chi connectivity index (χ3v) is 3.56. The topological polar surface area (TPSA) is 78.9 Å². The van der Waals surface area contributed by atoms with E-state index in [2.05, 4.69) is 5.32 Å². The van der Waals surface area contributed by atoms with Crippen molar-refractivity contribution in [3.05, 3.63) is 65.7 Å². The van der Waals surface area contributed by atoms with Crippen molar-refractivity contribution in [2.24, 2.45) is 0 Å². The normalized spacial score (nSPS) is 10.5. The van der Waals surface area contributed by atoms with Crippen LogP contribution >= 0.6 is 0 Å². The van der Waals surface area contributed by atoms with Gasteiger partial charge in [-0.05, 0) is 48.4 Å². The molecule has 0 aliphatic heterocycles. The Morgan fingerprint density at radius 2 is 1.77 bits per heavy atom. The van der Waals surface area contributed by atoms with Gasteiger partial charge < -0.3 is 20.1 Å². The maximum absolute atomic E-state index is 12.2. The number of rotatable bonds is 6. The molecule has 0 heterocycles. The van der Waals surface area contributed by atoms with Crippen LogP contribution in [0.4, 0.5) is 10.5 Å². The van der Waals surface area contributed by atoms with Crippen molar-refractivity contribution in [2.75, 3.05) is 19.0 Å². The van der Waals surface area contributed by atoms with Crippen LogP contribution in [-0.2, 0) is 16.1 Å². The molecule has 2 amide bonds. The number of anilines is 1. The van der Waals surface area contributed by atoms with Gasteiger partial charge in [-0.3, -0.25) is 0 Å². The summed E-state index contributed by atoms with van der Waals surface area (Å²) in [5, 5.41) is 12.1. The van der Waals surface area contributed by atoms with Crippen molar-refractivity contribution < 1.29 is 19.4 Å². The van der Waals surface area contributed by atoms with E-state index in [1.54, 1.807) is 73.5 Å². The summed E-state index contributed by atoms with van der Waals surface area (Å²) in [6, 6.07) is 13.6. The smallest absolute Gasteiger partial charge is 0.330 e. The zero-order chi connectivity index (χ0) is 18.9. The predicted molar refractivity (Wildman–Crippen MR) is 101 cm³/mol. The molecule has 0 aliphatic rings. The molecule has 0 bridgehead atoms. The van der Waals surface area contributed by atoms with Gasteiger partial charge in [-0.25, -0.2) is 9.59 Å². The average molecular weight is 354 g/mol. The van der Waals surface area contributed by atoms with Gasteiger partial charge in [-0.1, -0.05) is 24.3 Å². The van der Waals surface area contributed by atoms with Crippen LogP contribution in [0.5, 0.6) is 5.75 Å². The lowest BCUT2D eigenvalue weighted by Gasteiger charge is -2.18. The number of hydrogen-bond donors (Lipinski definition) is 2. The minimum Gasteiger partial charge on any atom is -0.508 e. The standard InChI is InChI=1S/C20H22N2O4/c1-3-26-19(24)13-8-15-4-9-17(10-5-15)21-20(25)22(2)14-16-6-11-18(23)12-7-16/h4-13,23H,3,14H2,1-2H3,(H,21,25)/b13-8+. The Labute approximate surface area is 152 Å². The van der Waals surface area contributed by atoms with Crippen LogP contribution in [-0.4, -0.2) is 35.7 Å². The highest BCUT2D eigenvalue weighted by atomic mass is 16.5. The first-order valence-corrected chi connectivity index (χ1v) is 8.23. The van der Waals surface area contributed by atoms with E-state index in [0.29, 0.717) is 18.8 Å². The zero-order valence-electron chi connectivity index (χ0n) is 14.8.